The molecule has 3 heteroatoms. The fourth-order valence-electron chi connectivity index (χ4n) is 1.54. The summed E-state index contributed by atoms with van der Waals surface area (Å²) in [5.41, 5.74) is 1.18. The van der Waals surface area contributed by atoms with Crippen molar-refractivity contribution in [2.45, 2.75) is 27.2 Å². The summed E-state index contributed by atoms with van der Waals surface area (Å²) in [7, 11) is 0. The average molecular weight is 263 g/mol. The van der Waals surface area contributed by atoms with Crippen LogP contribution in [0.4, 0.5) is 4.39 Å². The minimum atomic E-state index is -0.372. The van der Waals surface area contributed by atoms with Crippen LogP contribution in [0, 0.1) is 17.2 Å². The third-order valence-electron chi connectivity index (χ3n) is 2.88. The summed E-state index contributed by atoms with van der Waals surface area (Å²) in [6.45, 7) is 6.47. The van der Waals surface area contributed by atoms with Crippen molar-refractivity contribution in [2.75, 3.05) is 5.88 Å². The fraction of sp³-hybridized carbons (Fsp3) is 0.538. The van der Waals surface area contributed by atoms with Crippen molar-refractivity contribution in [3.63, 3.8) is 0 Å². The Morgan fingerprint density at radius 1 is 1.31 bits per heavy atom. The minimum Gasteiger partial charge on any atom is -0.205 e. The van der Waals surface area contributed by atoms with Gasteiger partial charge in [-0.25, -0.2) is 4.39 Å². The third-order valence-corrected chi connectivity index (χ3v) is 3.54. The number of alkyl halides is 1. The number of halogens is 3. The summed E-state index contributed by atoms with van der Waals surface area (Å²) < 4.78 is 13.0. The lowest BCUT2D eigenvalue weighted by atomic mass is 9.78. The zero-order chi connectivity index (χ0) is 12.3. The molecular formula is C13H17Cl2F. The Balaban J connectivity index is 2.83. The Kier molecular flexibility index (Phi) is 4.63. The van der Waals surface area contributed by atoms with Crippen LogP contribution >= 0.6 is 23.2 Å². The topological polar surface area (TPSA) is 0 Å². The van der Waals surface area contributed by atoms with Gasteiger partial charge in [-0.2, -0.15) is 0 Å². The maximum absolute atomic E-state index is 13.0. The van der Waals surface area contributed by atoms with Gasteiger partial charge in [-0.3, -0.25) is 0 Å². The van der Waals surface area contributed by atoms with Gasteiger partial charge in [-0.15, -0.1) is 11.6 Å². The molecule has 0 saturated carbocycles. The Bertz CT molecular complexity index is 355. The van der Waals surface area contributed by atoms with E-state index in [4.69, 9.17) is 23.2 Å². The maximum atomic E-state index is 13.0. The van der Waals surface area contributed by atoms with Gasteiger partial charge in [0.25, 0.3) is 0 Å². The van der Waals surface area contributed by atoms with Crippen LogP contribution in [-0.2, 0) is 6.42 Å². The third kappa shape index (κ3) is 3.64. The van der Waals surface area contributed by atoms with Crippen molar-refractivity contribution in [1.82, 2.24) is 0 Å². The molecule has 0 radical (unpaired) electrons. The predicted molar refractivity (Wildman–Crippen MR) is 68.8 cm³/mol. The van der Waals surface area contributed by atoms with E-state index in [1.165, 1.54) is 6.07 Å². The van der Waals surface area contributed by atoms with E-state index < -0.39 is 0 Å². The van der Waals surface area contributed by atoms with Crippen molar-refractivity contribution in [1.29, 1.82) is 0 Å². The number of rotatable bonds is 3. The summed E-state index contributed by atoms with van der Waals surface area (Å²) in [6.07, 6.45) is 0.826. The first-order chi connectivity index (χ1) is 7.34. The minimum absolute atomic E-state index is 0.141. The molecule has 0 bridgehead atoms. The molecule has 1 aromatic rings. The smallest absolute Gasteiger partial charge is 0.141 e. The molecule has 0 aliphatic rings. The number of benzene rings is 1. The molecule has 1 rings (SSSR count). The molecule has 0 amide bonds. The first-order valence-electron chi connectivity index (χ1n) is 5.34. The van der Waals surface area contributed by atoms with Crippen molar-refractivity contribution >= 4 is 23.2 Å². The van der Waals surface area contributed by atoms with Gasteiger partial charge in [0, 0.05) is 5.88 Å². The summed E-state index contributed by atoms with van der Waals surface area (Å²) in [5.74, 6) is 0.581. The first-order valence-corrected chi connectivity index (χ1v) is 6.25. The molecular weight excluding hydrogens is 246 g/mol. The van der Waals surface area contributed by atoms with Crippen molar-refractivity contribution in [2.24, 2.45) is 11.3 Å². The number of hydrogen-bond acceptors (Lipinski definition) is 0. The second kappa shape index (κ2) is 5.37. The fourth-order valence-corrected chi connectivity index (χ4v) is 2.32. The highest BCUT2D eigenvalue weighted by molar-refractivity contribution is 6.30. The van der Waals surface area contributed by atoms with Crippen LogP contribution in [0.25, 0.3) is 0 Å². The first kappa shape index (κ1) is 13.8. The molecule has 0 saturated heterocycles. The van der Waals surface area contributed by atoms with E-state index in [2.05, 4.69) is 20.8 Å². The van der Waals surface area contributed by atoms with E-state index in [0.29, 0.717) is 11.8 Å². The Hall–Kier alpha value is -0.270. The highest BCUT2D eigenvalue weighted by atomic mass is 35.5. The van der Waals surface area contributed by atoms with E-state index in [-0.39, 0.29) is 16.3 Å². The summed E-state index contributed by atoms with van der Waals surface area (Å²) in [5, 5.41) is 0.180. The van der Waals surface area contributed by atoms with Gasteiger partial charge < -0.3 is 0 Å². The normalized spacial score (nSPS) is 13.9. The number of hydrogen-bond donors (Lipinski definition) is 0. The van der Waals surface area contributed by atoms with Crippen molar-refractivity contribution in [3.05, 3.63) is 34.6 Å². The maximum Gasteiger partial charge on any atom is 0.141 e. The highest BCUT2D eigenvalue weighted by Crippen LogP contribution is 2.30. The zero-order valence-electron chi connectivity index (χ0n) is 9.86. The summed E-state index contributed by atoms with van der Waals surface area (Å²) in [4.78, 5) is 0. The van der Waals surface area contributed by atoms with Crippen LogP contribution in [0.3, 0.4) is 0 Å². The lowest BCUT2D eigenvalue weighted by Gasteiger charge is -2.29. The van der Waals surface area contributed by atoms with Gasteiger partial charge in [-0.05, 0) is 35.4 Å². The molecule has 1 unspecified atom stereocenters. The van der Waals surface area contributed by atoms with E-state index in [1.54, 1.807) is 12.1 Å². The van der Waals surface area contributed by atoms with Crippen LogP contribution in [0.2, 0.25) is 5.02 Å². The van der Waals surface area contributed by atoms with E-state index in [1.807, 2.05) is 0 Å². The molecule has 90 valence electrons. The monoisotopic (exact) mass is 262 g/mol. The molecule has 0 nitrogen and oxygen atoms in total. The molecule has 16 heavy (non-hydrogen) atoms. The van der Waals surface area contributed by atoms with Gasteiger partial charge >= 0.3 is 0 Å². The van der Waals surface area contributed by atoms with E-state index in [9.17, 15) is 4.39 Å². The highest BCUT2D eigenvalue weighted by Gasteiger charge is 2.24. The van der Waals surface area contributed by atoms with Gasteiger partial charge in [0.2, 0.25) is 0 Å². The van der Waals surface area contributed by atoms with Crippen molar-refractivity contribution < 1.29 is 4.39 Å². The second-order valence-electron chi connectivity index (χ2n) is 5.17. The van der Waals surface area contributed by atoms with Gasteiger partial charge in [0.15, 0.2) is 0 Å². The van der Waals surface area contributed by atoms with E-state index >= 15 is 0 Å². The Labute approximate surface area is 107 Å². The van der Waals surface area contributed by atoms with Crippen LogP contribution in [0.5, 0.6) is 0 Å². The molecule has 1 atom stereocenters. The van der Waals surface area contributed by atoms with Crippen LogP contribution in [0.15, 0.2) is 18.2 Å². The Morgan fingerprint density at radius 3 is 2.38 bits per heavy atom. The predicted octanol–water partition coefficient (Wildman–Crippen LogP) is 4.92. The SMILES string of the molecule is CC(C)(C)C(CCl)Cc1ccc(F)c(Cl)c1. The molecule has 0 aliphatic carbocycles. The quantitative estimate of drug-likeness (QED) is 0.679. The van der Waals surface area contributed by atoms with Crippen LogP contribution in [0.1, 0.15) is 26.3 Å². The summed E-state index contributed by atoms with van der Waals surface area (Å²) >= 11 is 11.7. The summed E-state index contributed by atoms with van der Waals surface area (Å²) in [6, 6.07) is 4.86. The lowest BCUT2D eigenvalue weighted by molar-refractivity contribution is 0.264. The van der Waals surface area contributed by atoms with Gasteiger partial charge in [-0.1, -0.05) is 38.4 Å². The average Bonchev–Trinajstić information content (AvgIpc) is 2.18. The molecule has 0 heterocycles. The van der Waals surface area contributed by atoms with E-state index in [0.717, 1.165) is 12.0 Å². The zero-order valence-corrected chi connectivity index (χ0v) is 11.4. The van der Waals surface area contributed by atoms with Gasteiger partial charge in [0.1, 0.15) is 5.82 Å². The van der Waals surface area contributed by atoms with Crippen LogP contribution < -0.4 is 0 Å². The lowest BCUT2D eigenvalue weighted by Crippen LogP contribution is -2.24. The largest absolute Gasteiger partial charge is 0.205 e. The molecule has 0 aromatic heterocycles. The Morgan fingerprint density at radius 2 is 1.94 bits per heavy atom. The molecule has 0 spiro atoms. The molecule has 0 fully saturated rings. The van der Waals surface area contributed by atoms with Gasteiger partial charge in [0.05, 0.1) is 5.02 Å². The van der Waals surface area contributed by atoms with Crippen LogP contribution in [-0.4, -0.2) is 5.88 Å². The molecule has 0 aliphatic heterocycles. The molecule has 1 aromatic carbocycles. The standard InChI is InChI=1S/C13H17Cl2F/c1-13(2,3)10(8-14)6-9-4-5-12(16)11(15)7-9/h4-5,7,10H,6,8H2,1-3H3. The molecule has 0 N–H and O–H groups in total. The van der Waals surface area contributed by atoms with Crippen molar-refractivity contribution in [3.8, 4) is 0 Å². The second-order valence-corrected chi connectivity index (χ2v) is 5.89.